The Morgan fingerprint density at radius 1 is 1.20 bits per heavy atom. The minimum Gasteiger partial charge on any atom is -0.383 e. The van der Waals surface area contributed by atoms with Gasteiger partial charge in [-0.2, -0.15) is 13.2 Å². The number of halogens is 4. The van der Waals surface area contributed by atoms with E-state index in [-0.39, 0.29) is 29.8 Å². The van der Waals surface area contributed by atoms with E-state index in [1.165, 1.54) is 24.0 Å². The van der Waals surface area contributed by atoms with Crippen LogP contribution in [-0.4, -0.2) is 53.9 Å². The van der Waals surface area contributed by atoms with Gasteiger partial charge in [0, 0.05) is 19.3 Å². The number of hydrogen-bond acceptors (Lipinski definition) is 5. The van der Waals surface area contributed by atoms with Crippen molar-refractivity contribution in [3.05, 3.63) is 24.3 Å². The van der Waals surface area contributed by atoms with E-state index in [2.05, 4.69) is 10.6 Å². The van der Waals surface area contributed by atoms with Crippen molar-refractivity contribution in [2.24, 2.45) is 0 Å². The van der Waals surface area contributed by atoms with Crippen molar-refractivity contribution < 1.29 is 31.1 Å². The Bertz CT molecular complexity index is 639. The van der Waals surface area contributed by atoms with Gasteiger partial charge in [-0.15, -0.1) is 12.4 Å². The van der Waals surface area contributed by atoms with Gasteiger partial charge in [-0.3, -0.25) is 4.79 Å². The van der Waals surface area contributed by atoms with Crippen molar-refractivity contribution in [1.82, 2.24) is 10.0 Å². The average Bonchev–Trinajstić information content (AvgIpc) is 2.50. The maximum atomic E-state index is 12.1. The zero-order chi connectivity index (χ0) is 18.2. The molecule has 3 N–H and O–H groups in total. The van der Waals surface area contributed by atoms with E-state index in [1.807, 2.05) is 0 Å². The van der Waals surface area contributed by atoms with Crippen LogP contribution in [0.2, 0.25) is 0 Å². The highest BCUT2D eigenvalue weighted by molar-refractivity contribution is 7.89. The molecule has 25 heavy (non-hydrogen) atoms. The minimum atomic E-state index is -4.64. The number of anilines is 1. The van der Waals surface area contributed by atoms with Gasteiger partial charge in [-0.1, -0.05) is 0 Å². The van der Waals surface area contributed by atoms with Gasteiger partial charge < -0.3 is 15.4 Å². The number of ether oxygens (including phenoxy) is 1. The lowest BCUT2D eigenvalue weighted by Gasteiger charge is -2.10. The first-order chi connectivity index (χ1) is 11.1. The second kappa shape index (κ2) is 10.6. The highest BCUT2D eigenvalue weighted by atomic mass is 35.5. The molecule has 0 aliphatic rings. The first-order valence-corrected chi connectivity index (χ1v) is 8.28. The van der Waals surface area contributed by atoms with E-state index in [0.29, 0.717) is 18.8 Å². The van der Waals surface area contributed by atoms with Crippen LogP contribution < -0.4 is 15.4 Å². The first kappa shape index (κ1) is 23.6. The van der Waals surface area contributed by atoms with Crippen LogP contribution in [0.25, 0.3) is 0 Å². The molecule has 1 aromatic carbocycles. The highest BCUT2D eigenvalue weighted by Gasteiger charge is 2.30. The molecule has 0 saturated carbocycles. The standard InChI is InChI=1S/C13H18F3N3O4S.ClH/c1-23-7-6-17-8-12(20)19-10-2-4-11(5-3-10)24(21,22)18-9-13(14,15)16;/h2-5,17-18H,6-9H2,1H3,(H,19,20);1H. The Morgan fingerprint density at radius 3 is 2.32 bits per heavy atom. The van der Waals surface area contributed by atoms with Gasteiger partial charge >= 0.3 is 6.18 Å². The molecule has 0 spiro atoms. The second-order valence-electron chi connectivity index (χ2n) is 4.68. The SMILES string of the molecule is COCCNCC(=O)Nc1ccc(S(=O)(=O)NCC(F)(F)F)cc1.Cl. The Hall–Kier alpha value is -1.40. The van der Waals surface area contributed by atoms with Gasteiger partial charge in [0.1, 0.15) is 6.54 Å². The molecule has 144 valence electrons. The molecule has 0 fully saturated rings. The van der Waals surface area contributed by atoms with Crippen LogP contribution in [0.3, 0.4) is 0 Å². The molecule has 0 saturated heterocycles. The Kier molecular flexibility index (Phi) is 9.97. The van der Waals surface area contributed by atoms with Gasteiger partial charge in [0.15, 0.2) is 0 Å². The molecule has 0 aliphatic heterocycles. The number of nitrogens with one attached hydrogen (secondary N) is 3. The molecule has 0 heterocycles. The maximum absolute atomic E-state index is 12.1. The van der Waals surface area contributed by atoms with Crippen molar-refractivity contribution in [2.45, 2.75) is 11.1 Å². The smallest absolute Gasteiger partial charge is 0.383 e. The lowest BCUT2D eigenvalue weighted by atomic mass is 10.3. The van der Waals surface area contributed by atoms with Crippen molar-refractivity contribution in [1.29, 1.82) is 0 Å². The molecule has 0 aliphatic carbocycles. The van der Waals surface area contributed by atoms with Crippen molar-refractivity contribution in [2.75, 3.05) is 38.7 Å². The summed E-state index contributed by atoms with van der Waals surface area (Å²) in [6, 6.07) is 4.78. The third-order valence-corrected chi connectivity index (χ3v) is 4.10. The fourth-order valence-corrected chi connectivity index (χ4v) is 2.57. The van der Waals surface area contributed by atoms with Gasteiger partial charge in [0.05, 0.1) is 18.0 Å². The van der Waals surface area contributed by atoms with E-state index >= 15 is 0 Å². The molecular formula is C13H19ClF3N3O4S. The zero-order valence-corrected chi connectivity index (χ0v) is 14.9. The summed E-state index contributed by atoms with van der Waals surface area (Å²) < 4.78 is 65.9. The van der Waals surface area contributed by atoms with Gasteiger partial charge in [-0.25, -0.2) is 13.1 Å². The van der Waals surface area contributed by atoms with E-state index in [4.69, 9.17) is 4.74 Å². The summed E-state index contributed by atoms with van der Waals surface area (Å²) >= 11 is 0. The number of carbonyl (C=O) groups is 1. The Morgan fingerprint density at radius 2 is 1.80 bits per heavy atom. The van der Waals surface area contributed by atoms with Gasteiger partial charge in [0.2, 0.25) is 15.9 Å². The Labute approximate surface area is 149 Å². The van der Waals surface area contributed by atoms with E-state index in [0.717, 1.165) is 12.1 Å². The molecule has 0 aromatic heterocycles. The number of sulfonamides is 1. The topological polar surface area (TPSA) is 96.5 Å². The lowest BCUT2D eigenvalue weighted by molar-refractivity contribution is -0.121. The summed E-state index contributed by atoms with van der Waals surface area (Å²) in [6.07, 6.45) is -4.64. The number of amides is 1. The lowest BCUT2D eigenvalue weighted by Crippen LogP contribution is -2.33. The van der Waals surface area contributed by atoms with Gasteiger partial charge in [0.25, 0.3) is 0 Å². The molecule has 0 unspecified atom stereocenters. The van der Waals surface area contributed by atoms with Crippen LogP contribution in [-0.2, 0) is 19.6 Å². The van der Waals surface area contributed by atoms with Crippen molar-refractivity contribution >= 4 is 34.0 Å². The predicted octanol–water partition coefficient (Wildman–Crippen LogP) is 1.12. The summed E-state index contributed by atoms with van der Waals surface area (Å²) in [5, 5.41) is 5.34. The number of rotatable bonds is 9. The number of carbonyl (C=O) groups excluding carboxylic acids is 1. The number of methoxy groups -OCH3 is 1. The third-order valence-electron chi connectivity index (χ3n) is 2.68. The summed E-state index contributed by atoms with van der Waals surface area (Å²) in [5.74, 6) is -0.350. The monoisotopic (exact) mass is 405 g/mol. The largest absolute Gasteiger partial charge is 0.402 e. The fraction of sp³-hybridized carbons (Fsp3) is 0.462. The third kappa shape index (κ3) is 9.60. The quantitative estimate of drug-likeness (QED) is 0.535. The minimum absolute atomic E-state index is 0. The van der Waals surface area contributed by atoms with Gasteiger partial charge in [-0.05, 0) is 24.3 Å². The second-order valence-corrected chi connectivity index (χ2v) is 6.45. The summed E-state index contributed by atoms with van der Waals surface area (Å²) in [7, 11) is -2.74. The van der Waals surface area contributed by atoms with Crippen LogP contribution in [0.4, 0.5) is 18.9 Å². The fourth-order valence-electron chi connectivity index (χ4n) is 1.56. The maximum Gasteiger partial charge on any atom is 0.402 e. The average molecular weight is 406 g/mol. The number of benzene rings is 1. The number of hydrogen-bond donors (Lipinski definition) is 3. The van der Waals surface area contributed by atoms with Crippen LogP contribution >= 0.6 is 12.4 Å². The molecular weight excluding hydrogens is 387 g/mol. The van der Waals surface area contributed by atoms with E-state index in [9.17, 15) is 26.4 Å². The molecule has 0 atom stereocenters. The highest BCUT2D eigenvalue weighted by Crippen LogP contribution is 2.17. The van der Waals surface area contributed by atoms with Crippen LogP contribution in [0.5, 0.6) is 0 Å². The summed E-state index contributed by atoms with van der Waals surface area (Å²) in [6.45, 7) is -0.672. The summed E-state index contributed by atoms with van der Waals surface area (Å²) in [5.41, 5.74) is 0.323. The van der Waals surface area contributed by atoms with Crippen LogP contribution in [0.1, 0.15) is 0 Å². The first-order valence-electron chi connectivity index (χ1n) is 6.80. The Balaban J connectivity index is 0.00000576. The van der Waals surface area contributed by atoms with Crippen LogP contribution in [0, 0.1) is 0 Å². The molecule has 1 rings (SSSR count). The number of alkyl halides is 3. The van der Waals surface area contributed by atoms with E-state index < -0.39 is 22.7 Å². The normalized spacial score (nSPS) is 11.7. The predicted molar refractivity (Wildman–Crippen MR) is 88.3 cm³/mol. The van der Waals surface area contributed by atoms with Crippen LogP contribution in [0.15, 0.2) is 29.2 Å². The molecule has 0 radical (unpaired) electrons. The van der Waals surface area contributed by atoms with Crippen molar-refractivity contribution in [3.63, 3.8) is 0 Å². The molecule has 12 heteroatoms. The molecule has 7 nitrogen and oxygen atoms in total. The molecule has 0 bridgehead atoms. The molecule has 1 amide bonds. The molecule has 1 aromatic rings. The van der Waals surface area contributed by atoms with E-state index in [1.54, 1.807) is 0 Å². The summed E-state index contributed by atoms with van der Waals surface area (Å²) in [4.78, 5) is 11.3. The van der Waals surface area contributed by atoms with Crippen molar-refractivity contribution in [3.8, 4) is 0 Å². The zero-order valence-electron chi connectivity index (χ0n) is 13.2.